The third-order valence-electron chi connectivity index (χ3n) is 3.74. The standard InChI is InChI=1S/C14H17BrClNO2/c1-9(12-3-2-11(15)7-13(12)16)17-5-4-10(8-17)6-14(18)19/h2-3,7,9-10H,4-6,8H2,1H3,(H,18,19). The number of hydrogen-bond donors (Lipinski definition) is 1. The average molecular weight is 347 g/mol. The van der Waals surface area contributed by atoms with Crippen LogP contribution in [0.4, 0.5) is 0 Å². The minimum Gasteiger partial charge on any atom is -0.481 e. The van der Waals surface area contributed by atoms with Gasteiger partial charge in [0.1, 0.15) is 0 Å². The Labute approximate surface area is 126 Å². The molecule has 1 aromatic carbocycles. The molecule has 2 rings (SSSR count). The van der Waals surface area contributed by atoms with Gasteiger partial charge in [-0.25, -0.2) is 0 Å². The summed E-state index contributed by atoms with van der Waals surface area (Å²) in [6.45, 7) is 3.89. The third-order valence-corrected chi connectivity index (χ3v) is 4.56. The van der Waals surface area contributed by atoms with Gasteiger partial charge in [-0.2, -0.15) is 0 Å². The summed E-state index contributed by atoms with van der Waals surface area (Å²) in [6, 6.07) is 6.14. The zero-order chi connectivity index (χ0) is 14.0. The topological polar surface area (TPSA) is 40.5 Å². The van der Waals surface area contributed by atoms with Gasteiger partial charge in [-0.05, 0) is 43.5 Å². The minimum atomic E-state index is -0.707. The second-order valence-corrected chi connectivity index (χ2v) is 6.41. The quantitative estimate of drug-likeness (QED) is 0.897. The van der Waals surface area contributed by atoms with Crippen molar-refractivity contribution in [3.63, 3.8) is 0 Å². The van der Waals surface area contributed by atoms with Crippen LogP contribution in [0.2, 0.25) is 5.02 Å². The van der Waals surface area contributed by atoms with E-state index in [0.717, 1.165) is 34.6 Å². The molecule has 2 unspecified atom stereocenters. The van der Waals surface area contributed by atoms with Crippen LogP contribution in [0, 0.1) is 5.92 Å². The summed E-state index contributed by atoms with van der Waals surface area (Å²) in [4.78, 5) is 13.1. The summed E-state index contributed by atoms with van der Waals surface area (Å²) >= 11 is 9.68. The van der Waals surface area contributed by atoms with Crippen LogP contribution in [-0.4, -0.2) is 29.1 Å². The molecule has 1 aliphatic heterocycles. The minimum absolute atomic E-state index is 0.222. The molecule has 0 aromatic heterocycles. The van der Waals surface area contributed by atoms with E-state index in [1.54, 1.807) is 0 Å². The maximum Gasteiger partial charge on any atom is 0.303 e. The number of hydrogen-bond acceptors (Lipinski definition) is 2. The number of likely N-dealkylation sites (tertiary alicyclic amines) is 1. The Hall–Kier alpha value is -0.580. The van der Waals surface area contributed by atoms with Crippen LogP contribution in [0.1, 0.15) is 31.4 Å². The smallest absolute Gasteiger partial charge is 0.303 e. The fourth-order valence-electron chi connectivity index (χ4n) is 2.66. The molecule has 1 aliphatic rings. The van der Waals surface area contributed by atoms with Gasteiger partial charge in [-0.3, -0.25) is 9.69 Å². The van der Waals surface area contributed by atoms with Gasteiger partial charge in [0.25, 0.3) is 0 Å². The van der Waals surface area contributed by atoms with Crippen LogP contribution >= 0.6 is 27.5 Å². The number of aliphatic carboxylic acids is 1. The number of halogens is 2. The Balaban J connectivity index is 2.04. The molecule has 0 bridgehead atoms. The normalized spacial score (nSPS) is 21.5. The van der Waals surface area contributed by atoms with Gasteiger partial charge in [0.15, 0.2) is 0 Å². The van der Waals surface area contributed by atoms with Crippen molar-refractivity contribution in [1.29, 1.82) is 0 Å². The molecule has 0 saturated carbocycles. The first-order chi connectivity index (χ1) is 8.97. The molecule has 0 aliphatic carbocycles. The number of carboxylic acids is 1. The van der Waals surface area contributed by atoms with Crippen LogP contribution in [0.25, 0.3) is 0 Å². The van der Waals surface area contributed by atoms with Crippen LogP contribution < -0.4 is 0 Å². The summed E-state index contributed by atoms with van der Waals surface area (Å²) in [5.74, 6) is -0.449. The summed E-state index contributed by atoms with van der Waals surface area (Å²) in [5.41, 5.74) is 1.10. The Morgan fingerprint density at radius 3 is 3.00 bits per heavy atom. The van der Waals surface area contributed by atoms with Crippen molar-refractivity contribution in [3.8, 4) is 0 Å². The van der Waals surface area contributed by atoms with Crippen LogP contribution in [-0.2, 0) is 4.79 Å². The largest absolute Gasteiger partial charge is 0.481 e. The molecule has 0 radical (unpaired) electrons. The van der Waals surface area contributed by atoms with E-state index < -0.39 is 5.97 Å². The van der Waals surface area contributed by atoms with Gasteiger partial charge in [-0.15, -0.1) is 0 Å². The molecule has 1 fully saturated rings. The SMILES string of the molecule is CC(c1ccc(Br)cc1Cl)N1CCC(CC(=O)O)C1. The number of nitrogens with zero attached hydrogens (tertiary/aromatic N) is 1. The summed E-state index contributed by atoms with van der Waals surface area (Å²) in [6.07, 6.45) is 1.21. The van der Waals surface area contributed by atoms with E-state index in [1.807, 2.05) is 18.2 Å². The molecule has 19 heavy (non-hydrogen) atoms. The van der Waals surface area contributed by atoms with Gasteiger partial charge in [0.2, 0.25) is 0 Å². The molecule has 3 nitrogen and oxygen atoms in total. The van der Waals surface area contributed by atoms with E-state index in [9.17, 15) is 4.79 Å². The summed E-state index contributed by atoms with van der Waals surface area (Å²) < 4.78 is 0.971. The molecule has 1 saturated heterocycles. The summed E-state index contributed by atoms with van der Waals surface area (Å²) in [5, 5.41) is 9.60. The number of carbonyl (C=O) groups is 1. The first-order valence-electron chi connectivity index (χ1n) is 6.38. The van der Waals surface area contributed by atoms with Crippen molar-refractivity contribution in [1.82, 2.24) is 4.90 Å². The average Bonchev–Trinajstić information content (AvgIpc) is 2.75. The molecule has 1 heterocycles. The van der Waals surface area contributed by atoms with E-state index >= 15 is 0 Å². The number of benzene rings is 1. The van der Waals surface area contributed by atoms with Crippen LogP contribution in [0.5, 0.6) is 0 Å². The lowest BCUT2D eigenvalue weighted by molar-refractivity contribution is -0.138. The Morgan fingerprint density at radius 2 is 2.37 bits per heavy atom. The van der Waals surface area contributed by atoms with Gasteiger partial charge >= 0.3 is 5.97 Å². The highest BCUT2D eigenvalue weighted by atomic mass is 79.9. The highest BCUT2D eigenvalue weighted by Crippen LogP contribution is 2.33. The lowest BCUT2D eigenvalue weighted by Crippen LogP contribution is -2.25. The predicted octanol–water partition coefficient (Wildman–Crippen LogP) is 3.96. The van der Waals surface area contributed by atoms with Gasteiger partial charge in [0, 0.05) is 28.5 Å². The molecule has 0 amide bonds. The first kappa shape index (κ1) is 14.8. The van der Waals surface area contributed by atoms with Gasteiger partial charge in [-0.1, -0.05) is 33.6 Å². The predicted molar refractivity (Wildman–Crippen MR) is 79.5 cm³/mol. The second kappa shape index (κ2) is 6.25. The fraction of sp³-hybridized carbons (Fsp3) is 0.500. The van der Waals surface area contributed by atoms with Gasteiger partial charge in [0.05, 0.1) is 0 Å². The van der Waals surface area contributed by atoms with Crippen molar-refractivity contribution in [2.75, 3.05) is 13.1 Å². The number of rotatable bonds is 4. The number of carboxylic acid groups (broad SMARTS) is 1. The van der Waals surface area contributed by atoms with Crippen molar-refractivity contribution < 1.29 is 9.90 Å². The Bertz CT molecular complexity index is 481. The van der Waals surface area contributed by atoms with Crippen LogP contribution in [0.3, 0.4) is 0 Å². The van der Waals surface area contributed by atoms with E-state index in [2.05, 4.69) is 27.8 Å². The molecule has 1 aromatic rings. The van der Waals surface area contributed by atoms with E-state index in [-0.39, 0.29) is 18.4 Å². The second-order valence-electron chi connectivity index (χ2n) is 5.09. The van der Waals surface area contributed by atoms with E-state index in [0.29, 0.717) is 0 Å². The molecule has 0 spiro atoms. The zero-order valence-electron chi connectivity index (χ0n) is 10.8. The van der Waals surface area contributed by atoms with Gasteiger partial charge < -0.3 is 5.11 Å². The van der Waals surface area contributed by atoms with E-state index in [1.165, 1.54) is 0 Å². The molecule has 5 heteroatoms. The molecule has 1 N–H and O–H groups in total. The monoisotopic (exact) mass is 345 g/mol. The molecular formula is C14H17BrClNO2. The summed E-state index contributed by atoms with van der Waals surface area (Å²) in [7, 11) is 0. The van der Waals surface area contributed by atoms with Crippen molar-refractivity contribution in [3.05, 3.63) is 33.3 Å². The Kier molecular flexibility index (Phi) is 4.87. The molecule has 2 atom stereocenters. The van der Waals surface area contributed by atoms with Crippen molar-refractivity contribution in [2.24, 2.45) is 5.92 Å². The lowest BCUT2D eigenvalue weighted by Gasteiger charge is -2.25. The van der Waals surface area contributed by atoms with Crippen molar-refractivity contribution in [2.45, 2.75) is 25.8 Å². The van der Waals surface area contributed by atoms with Crippen molar-refractivity contribution >= 4 is 33.5 Å². The third kappa shape index (κ3) is 3.71. The highest BCUT2D eigenvalue weighted by Gasteiger charge is 2.28. The fourth-order valence-corrected chi connectivity index (χ4v) is 3.50. The zero-order valence-corrected chi connectivity index (χ0v) is 13.1. The Morgan fingerprint density at radius 1 is 1.63 bits per heavy atom. The molecular weight excluding hydrogens is 330 g/mol. The maximum atomic E-state index is 10.7. The lowest BCUT2D eigenvalue weighted by atomic mass is 10.0. The highest BCUT2D eigenvalue weighted by molar-refractivity contribution is 9.10. The first-order valence-corrected chi connectivity index (χ1v) is 7.55. The van der Waals surface area contributed by atoms with E-state index in [4.69, 9.17) is 16.7 Å². The van der Waals surface area contributed by atoms with Crippen LogP contribution in [0.15, 0.2) is 22.7 Å². The maximum absolute atomic E-state index is 10.7. The molecule has 104 valence electrons.